The first-order valence-electron chi connectivity index (χ1n) is 5.61. The van der Waals surface area contributed by atoms with Crippen LogP contribution in [0.3, 0.4) is 0 Å². The summed E-state index contributed by atoms with van der Waals surface area (Å²) in [5.74, 6) is 0.978. The minimum atomic E-state index is 0.503. The molecule has 0 bridgehead atoms. The maximum absolute atomic E-state index is 5.51. The van der Waals surface area contributed by atoms with Gasteiger partial charge in [-0.1, -0.05) is 29.8 Å². The molecule has 0 atom stereocenters. The van der Waals surface area contributed by atoms with Crippen molar-refractivity contribution in [3.05, 3.63) is 59.4 Å². The molecule has 2 aromatic rings. The van der Waals surface area contributed by atoms with E-state index in [1.165, 1.54) is 16.0 Å². The number of nitrogens with zero attached hydrogens (tertiary/aromatic N) is 1. The predicted molar refractivity (Wildman–Crippen MR) is 72.9 cm³/mol. The average molecular weight is 244 g/mol. The lowest BCUT2D eigenvalue weighted by Gasteiger charge is -2.03. The Morgan fingerprint density at radius 2 is 2.12 bits per heavy atom. The Balaban J connectivity index is 1.97. The average Bonchev–Trinajstić information content (AvgIpc) is 2.37. The maximum atomic E-state index is 5.51. The molecule has 0 saturated heterocycles. The highest BCUT2D eigenvalue weighted by molar-refractivity contribution is 7.98. The lowest BCUT2D eigenvalue weighted by Crippen LogP contribution is -1.98. The number of rotatable bonds is 4. The van der Waals surface area contributed by atoms with Crippen LogP contribution in [0.1, 0.15) is 16.8 Å². The lowest BCUT2D eigenvalue weighted by atomic mass is 10.2. The molecule has 1 aromatic heterocycles. The first-order chi connectivity index (χ1) is 8.28. The van der Waals surface area contributed by atoms with E-state index in [0.717, 1.165) is 11.4 Å². The van der Waals surface area contributed by atoms with Crippen molar-refractivity contribution < 1.29 is 0 Å². The van der Waals surface area contributed by atoms with Gasteiger partial charge in [-0.2, -0.15) is 0 Å². The van der Waals surface area contributed by atoms with E-state index in [-0.39, 0.29) is 0 Å². The summed E-state index contributed by atoms with van der Waals surface area (Å²) in [5, 5.41) is 0. The summed E-state index contributed by atoms with van der Waals surface area (Å²) < 4.78 is 0. The van der Waals surface area contributed by atoms with Crippen molar-refractivity contribution in [2.75, 3.05) is 0 Å². The fraction of sp³-hybridized carbons (Fsp3) is 0.214. The van der Waals surface area contributed by atoms with Crippen molar-refractivity contribution in [2.24, 2.45) is 5.73 Å². The second-order valence-electron chi connectivity index (χ2n) is 3.97. The molecule has 0 spiro atoms. The van der Waals surface area contributed by atoms with Crippen LogP contribution in [0.2, 0.25) is 0 Å². The van der Waals surface area contributed by atoms with Gasteiger partial charge in [0.15, 0.2) is 0 Å². The van der Waals surface area contributed by atoms with Gasteiger partial charge >= 0.3 is 0 Å². The van der Waals surface area contributed by atoms with Gasteiger partial charge in [-0.05, 0) is 24.6 Å². The summed E-state index contributed by atoms with van der Waals surface area (Å²) in [6.45, 7) is 2.62. The van der Waals surface area contributed by atoms with Crippen LogP contribution in [-0.4, -0.2) is 4.98 Å². The monoisotopic (exact) mass is 244 g/mol. The zero-order valence-corrected chi connectivity index (χ0v) is 10.7. The quantitative estimate of drug-likeness (QED) is 0.840. The highest BCUT2D eigenvalue weighted by atomic mass is 32.2. The molecule has 0 aliphatic rings. The van der Waals surface area contributed by atoms with E-state index in [9.17, 15) is 0 Å². The van der Waals surface area contributed by atoms with Crippen molar-refractivity contribution >= 4 is 11.8 Å². The number of aromatic nitrogens is 1. The molecule has 0 amide bonds. The summed E-state index contributed by atoms with van der Waals surface area (Å²) in [4.78, 5) is 5.47. The van der Waals surface area contributed by atoms with Crippen LogP contribution in [-0.2, 0) is 12.3 Å². The SMILES string of the molecule is Cc1cccc(CSc2ccc(CN)nc2)c1. The second-order valence-corrected chi connectivity index (χ2v) is 5.02. The van der Waals surface area contributed by atoms with Crippen LogP contribution in [0, 0.1) is 6.92 Å². The second kappa shape index (κ2) is 5.84. The third kappa shape index (κ3) is 3.58. The van der Waals surface area contributed by atoms with Crippen molar-refractivity contribution in [1.29, 1.82) is 0 Å². The Hall–Kier alpha value is -1.32. The zero-order valence-electron chi connectivity index (χ0n) is 9.89. The maximum Gasteiger partial charge on any atom is 0.0540 e. The molecule has 0 saturated carbocycles. The van der Waals surface area contributed by atoms with Gasteiger partial charge in [-0.3, -0.25) is 4.98 Å². The highest BCUT2D eigenvalue weighted by Crippen LogP contribution is 2.22. The molecule has 0 unspecified atom stereocenters. The van der Waals surface area contributed by atoms with Crippen molar-refractivity contribution in [1.82, 2.24) is 4.98 Å². The van der Waals surface area contributed by atoms with Crippen molar-refractivity contribution in [3.63, 3.8) is 0 Å². The molecule has 17 heavy (non-hydrogen) atoms. The molecule has 1 aromatic carbocycles. The first-order valence-corrected chi connectivity index (χ1v) is 6.60. The molecule has 2 nitrogen and oxygen atoms in total. The summed E-state index contributed by atoms with van der Waals surface area (Å²) in [6, 6.07) is 12.7. The predicted octanol–water partition coefficient (Wildman–Crippen LogP) is 3.14. The van der Waals surface area contributed by atoms with Gasteiger partial charge in [0.2, 0.25) is 0 Å². The van der Waals surface area contributed by atoms with Crippen LogP contribution >= 0.6 is 11.8 Å². The summed E-state index contributed by atoms with van der Waals surface area (Å²) in [7, 11) is 0. The van der Waals surface area contributed by atoms with E-state index in [1.54, 1.807) is 11.8 Å². The number of aryl methyl sites for hydroxylation is 1. The van der Waals surface area contributed by atoms with Crippen LogP contribution in [0.25, 0.3) is 0 Å². The molecule has 3 heteroatoms. The van der Waals surface area contributed by atoms with Gasteiger partial charge in [0, 0.05) is 23.4 Å². The molecule has 0 aliphatic carbocycles. The Morgan fingerprint density at radius 1 is 1.24 bits per heavy atom. The molecular weight excluding hydrogens is 228 g/mol. The van der Waals surface area contributed by atoms with Gasteiger partial charge in [0.05, 0.1) is 5.69 Å². The van der Waals surface area contributed by atoms with E-state index in [0.29, 0.717) is 6.54 Å². The smallest absolute Gasteiger partial charge is 0.0540 e. The summed E-state index contributed by atoms with van der Waals surface area (Å²) in [6.07, 6.45) is 1.89. The highest BCUT2D eigenvalue weighted by Gasteiger charge is 1.98. The van der Waals surface area contributed by atoms with Gasteiger partial charge in [0.25, 0.3) is 0 Å². The summed E-state index contributed by atoms with van der Waals surface area (Å²) in [5.41, 5.74) is 9.10. The van der Waals surface area contributed by atoms with E-state index >= 15 is 0 Å². The van der Waals surface area contributed by atoms with Crippen LogP contribution in [0.5, 0.6) is 0 Å². The molecule has 88 valence electrons. The Kier molecular flexibility index (Phi) is 4.18. The standard InChI is InChI=1S/C14H16N2S/c1-11-3-2-4-12(7-11)10-17-14-6-5-13(8-15)16-9-14/h2-7,9H,8,10,15H2,1H3. The number of nitrogens with two attached hydrogens (primary N) is 1. The van der Waals surface area contributed by atoms with Gasteiger partial charge in [-0.25, -0.2) is 0 Å². The molecule has 1 heterocycles. The van der Waals surface area contributed by atoms with Gasteiger partial charge < -0.3 is 5.73 Å². The molecule has 0 aliphatic heterocycles. The topological polar surface area (TPSA) is 38.9 Å². The van der Waals surface area contributed by atoms with E-state index in [1.807, 2.05) is 12.3 Å². The van der Waals surface area contributed by atoms with Crippen molar-refractivity contribution in [2.45, 2.75) is 24.1 Å². The van der Waals surface area contributed by atoms with Crippen LogP contribution in [0.15, 0.2) is 47.5 Å². The molecule has 2 rings (SSSR count). The largest absolute Gasteiger partial charge is 0.325 e. The number of thioether (sulfide) groups is 1. The van der Waals surface area contributed by atoms with Crippen LogP contribution < -0.4 is 5.73 Å². The van der Waals surface area contributed by atoms with Gasteiger partial charge in [-0.15, -0.1) is 11.8 Å². The Morgan fingerprint density at radius 3 is 2.76 bits per heavy atom. The number of hydrogen-bond donors (Lipinski definition) is 1. The third-order valence-corrected chi connectivity index (χ3v) is 3.55. The zero-order chi connectivity index (χ0) is 12.1. The summed E-state index contributed by atoms with van der Waals surface area (Å²) >= 11 is 1.80. The number of benzene rings is 1. The van der Waals surface area contributed by atoms with E-state index in [2.05, 4.69) is 42.2 Å². The lowest BCUT2D eigenvalue weighted by molar-refractivity contribution is 0.977. The van der Waals surface area contributed by atoms with Gasteiger partial charge in [0.1, 0.15) is 0 Å². The fourth-order valence-corrected chi connectivity index (χ4v) is 2.39. The number of hydrogen-bond acceptors (Lipinski definition) is 3. The number of pyridine rings is 1. The molecular formula is C14H16N2S. The Labute approximate surface area is 106 Å². The third-order valence-electron chi connectivity index (χ3n) is 2.49. The fourth-order valence-electron chi connectivity index (χ4n) is 1.59. The van der Waals surface area contributed by atoms with E-state index < -0.39 is 0 Å². The minimum absolute atomic E-state index is 0.503. The molecule has 0 fully saturated rings. The molecule has 0 radical (unpaired) electrons. The van der Waals surface area contributed by atoms with Crippen molar-refractivity contribution in [3.8, 4) is 0 Å². The first kappa shape index (κ1) is 12.1. The Bertz CT molecular complexity index is 480. The van der Waals surface area contributed by atoms with Crippen LogP contribution in [0.4, 0.5) is 0 Å². The van der Waals surface area contributed by atoms with E-state index in [4.69, 9.17) is 5.73 Å². The normalized spacial score (nSPS) is 10.5. The molecule has 2 N–H and O–H groups in total. The minimum Gasteiger partial charge on any atom is -0.325 e.